The predicted octanol–water partition coefficient (Wildman–Crippen LogP) is 1.04. The van der Waals surface area contributed by atoms with Crippen molar-refractivity contribution in [2.24, 2.45) is 11.0 Å². The molecule has 3 heterocycles. The van der Waals surface area contributed by atoms with Crippen molar-refractivity contribution in [2.45, 2.75) is 19.1 Å². The first-order valence-corrected chi connectivity index (χ1v) is 8.85. The second-order valence-electron chi connectivity index (χ2n) is 6.11. The number of halogens is 4. The molecule has 29 heavy (non-hydrogen) atoms. The van der Waals surface area contributed by atoms with Crippen molar-refractivity contribution in [1.82, 2.24) is 15.3 Å². The van der Waals surface area contributed by atoms with Crippen LogP contribution in [0.25, 0.3) is 0 Å². The van der Waals surface area contributed by atoms with Gasteiger partial charge in [0.1, 0.15) is 17.8 Å². The van der Waals surface area contributed by atoms with Crippen molar-refractivity contribution in [2.75, 3.05) is 25.0 Å². The molecule has 2 atom stereocenters. The molecule has 0 spiro atoms. The number of nitrogens with one attached hydrogen (secondary N) is 2. The Morgan fingerprint density at radius 3 is 2.72 bits per heavy atom. The van der Waals surface area contributed by atoms with Crippen molar-refractivity contribution in [3.63, 3.8) is 0 Å². The number of ether oxygens (including phenoxy) is 1. The summed E-state index contributed by atoms with van der Waals surface area (Å²) in [5, 5.41) is 6.16. The Labute approximate surface area is 167 Å². The molecule has 1 aromatic heterocycles. The van der Waals surface area contributed by atoms with Gasteiger partial charge in [0, 0.05) is 19.3 Å². The number of carbonyl (C=O) groups excluding carboxylic acids is 3. The number of pyridine rings is 1. The van der Waals surface area contributed by atoms with Gasteiger partial charge in [-0.25, -0.2) is 9.78 Å². The zero-order valence-electron chi connectivity index (χ0n) is 14.9. The summed E-state index contributed by atoms with van der Waals surface area (Å²) in [5.41, 5.74) is 1.30. The number of alkyl halides is 3. The van der Waals surface area contributed by atoms with E-state index in [0.717, 1.165) is 11.0 Å². The third-order valence-corrected chi connectivity index (χ3v) is 4.59. The average molecular weight is 434 g/mol. The maximum absolute atomic E-state index is 12.6. The molecule has 2 N–H and O–H groups in total. The smallest absolute Gasteiger partial charge is 0.417 e. The summed E-state index contributed by atoms with van der Waals surface area (Å²) in [5.74, 6) is -3.07. The first-order chi connectivity index (χ1) is 13.6. The molecule has 13 heteroatoms. The molecule has 1 aromatic rings. The minimum atomic E-state index is -4.58. The lowest BCUT2D eigenvalue weighted by atomic mass is 9.99. The fourth-order valence-electron chi connectivity index (χ4n) is 2.95. The van der Waals surface area contributed by atoms with E-state index >= 15 is 0 Å². The quantitative estimate of drug-likeness (QED) is 0.509. The molecule has 0 saturated carbocycles. The van der Waals surface area contributed by atoms with Gasteiger partial charge in [-0.1, -0.05) is 11.6 Å². The van der Waals surface area contributed by atoms with Crippen LogP contribution in [0.1, 0.15) is 12.5 Å². The molecule has 156 valence electrons. The summed E-state index contributed by atoms with van der Waals surface area (Å²) >= 11 is 5.80. The minimum Gasteiger partial charge on any atom is -0.461 e. The number of hydrogen-bond acceptors (Lipinski definition) is 8. The Morgan fingerprint density at radius 1 is 1.38 bits per heavy atom. The maximum atomic E-state index is 12.6. The van der Waals surface area contributed by atoms with Crippen LogP contribution in [-0.2, 0) is 25.3 Å². The lowest BCUT2D eigenvalue weighted by Crippen LogP contribution is -2.39. The number of hydrazone groups is 1. The molecule has 0 bridgehead atoms. The van der Waals surface area contributed by atoms with Gasteiger partial charge in [0.05, 0.1) is 17.2 Å². The molecule has 1 saturated heterocycles. The van der Waals surface area contributed by atoms with Gasteiger partial charge in [0.15, 0.2) is 5.71 Å². The van der Waals surface area contributed by atoms with E-state index in [0.29, 0.717) is 6.20 Å². The number of carbonyl (C=O) groups is 3. The van der Waals surface area contributed by atoms with Crippen LogP contribution in [0, 0.1) is 5.92 Å². The van der Waals surface area contributed by atoms with Crippen LogP contribution in [0.3, 0.4) is 0 Å². The van der Waals surface area contributed by atoms with Gasteiger partial charge in [-0.3, -0.25) is 19.9 Å². The summed E-state index contributed by atoms with van der Waals surface area (Å²) in [7, 11) is 0. The van der Waals surface area contributed by atoms with E-state index in [4.69, 9.17) is 16.3 Å². The number of hydrogen-bond donors (Lipinski definition) is 2. The van der Waals surface area contributed by atoms with Crippen LogP contribution in [0.2, 0.25) is 5.02 Å². The third-order valence-electron chi connectivity index (χ3n) is 4.30. The average Bonchev–Trinajstić information content (AvgIpc) is 3.18. The predicted molar refractivity (Wildman–Crippen MR) is 93.9 cm³/mol. The van der Waals surface area contributed by atoms with Crippen LogP contribution in [0.5, 0.6) is 0 Å². The largest absolute Gasteiger partial charge is 0.461 e. The fraction of sp³-hybridized carbons (Fsp3) is 0.438. The van der Waals surface area contributed by atoms with Crippen molar-refractivity contribution in [3.8, 4) is 0 Å². The van der Waals surface area contributed by atoms with Gasteiger partial charge in [-0.15, -0.1) is 0 Å². The highest BCUT2D eigenvalue weighted by Gasteiger charge is 2.55. The number of anilines is 1. The SMILES string of the molecule is CCOC(=O)C1=NNC2C(=O)N(CCNc3ncc(C(F)(F)F)cc3Cl)C(=O)C12. The zero-order valence-corrected chi connectivity index (χ0v) is 15.7. The van der Waals surface area contributed by atoms with Crippen molar-refractivity contribution < 1.29 is 32.3 Å². The monoisotopic (exact) mass is 433 g/mol. The third kappa shape index (κ3) is 3.97. The van der Waals surface area contributed by atoms with E-state index in [2.05, 4.69) is 20.8 Å². The molecule has 2 unspecified atom stereocenters. The Balaban J connectivity index is 1.62. The number of rotatable bonds is 6. The molecular weight excluding hydrogens is 419 g/mol. The lowest BCUT2D eigenvalue weighted by molar-refractivity contribution is -0.140. The number of imide groups is 1. The highest BCUT2D eigenvalue weighted by molar-refractivity contribution is 6.44. The van der Waals surface area contributed by atoms with Crippen molar-refractivity contribution in [1.29, 1.82) is 0 Å². The number of aromatic nitrogens is 1. The minimum absolute atomic E-state index is 0.0130. The van der Waals surface area contributed by atoms with E-state index in [1.807, 2.05) is 0 Å². The second kappa shape index (κ2) is 7.85. The molecule has 1 fully saturated rings. The van der Waals surface area contributed by atoms with Gasteiger partial charge >= 0.3 is 12.1 Å². The molecule has 9 nitrogen and oxygen atoms in total. The molecule has 2 aliphatic rings. The summed E-state index contributed by atoms with van der Waals surface area (Å²) in [6, 6.07) is -0.269. The number of amides is 2. The molecular formula is C16H15ClF3N5O4. The maximum Gasteiger partial charge on any atom is 0.417 e. The van der Waals surface area contributed by atoms with Gasteiger partial charge in [0.2, 0.25) is 5.91 Å². The van der Waals surface area contributed by atoms with Crippen LogP contribution < -0.4 is 10.7 Å². The standard InChI is InChI=1S/C16H15ClF3N5O4/c1-2-29-15(28)11-9-10(23-24-11)14(27)25(13(9)26)4-3-21-12-8(17)5-7(6-22-12)16(18,19)20/h5-6,9-10,23H,2-4H2,1H3,(H,21,22). The molecule has 2 amide bonds. The van der Waals surface area contributed by atoms with Crippen LogP contribution >= 0.6 is 11.6 Å². The summed E-state index contributed by atoms with van der Waals surface area (Å²) < 4.78 is 42.8. The van der Waals surface area contributed by atoms with Crippen LogP contribution in [0.4, 0.5) is 19.0 Å². The molecule has 0 radical (unpaired) electrons. The van der Waals surface area contributed by atoms with E-state index in [1.54, 1.807) is 6.92 Å². The van der Waals surface area contributed by atoms with E-state index in [1.165, 1.54) is 0 Å². The highest BCUT2D eigenvalue weighted by Crippen LogP contribution is 2.32. The molecule has 0 aliphatic carbocycles. The van der Waals surface area contributed by atoms with E-state index in [9.17, 15) is 27.6 Å². The van der Waals surface area contributed by atoms with Crippen molar-refractivity contribution >= 4 is 40.9 Å². The summed E-state index contributed by atoms with van der Waals surface area (Å²) in [6.07, 6.45) is -3.96. The number of esters is 1. The first kappa shape index (κ1) is 20.8. The number of nitrogens with zero attached hydrogens (tertiary/aromatic N) is 3. The Hall–Kier alpha value is -2.89. The second-order valence-corrected chi connectivity index (χ2v) is 6.52. The number of fused-ring (bicyclic) bond motifs is 1. The van der Waals surface area contributed by atoms with Gasteiger partial charge in [-0.2, -0.15) is 18.3 Å². The summed E-state index contributed by atoms with van der Waals surface area (Å²) in [4.78, 5) is 41.4. The Morgan fingerprint density at radius 2 is 2.10 bits per heavy atom. The van der Waals surface area contributed by atoms with E-state index in [-0.39, 0.29) is 36.2 Å². The van der Waals surface area contributed by atoms with Crippen molar-refractivity contribution in [3.05, 3.63) is 22.8 Å². The Bertz CT molecular complexity index is 892. The zero-order chi connectivity index (χ0) is 21.3. The first-order valence-electron chi connectivity index (χ1n) is 8.47. The molecule has 0 aromatic carbocycles. The number of likely N-dealkylation sites (tertiary alicyclic amines) is 1. The van der Waals surface area contributed by atoms with E-state index < -0.39 is 41.5 Å². The Kier molecular flexibility index (Phi) is 5.64. The lowest BCUT2D eigenvalue weighted by Gasteiger charge is -2.17. The van der Waals surface area contributed by atoms with Gasteiger partial charge in [-0.05, 0) is 13.0 Å². The highest BCUT2D eigenvalue weighted by atomic mass is 35.5. The fourth-order valence-corrected chi connectivity index (χ4v) is 3.18. The van der Waals surface area contributed by atoms with Gasteiger partial charge in [0.25, 0.3) is 5.91 Å². The van der Waals surface area contributed by atoms with Gasteiger partial charge < -0.3 is 10.1 Å². The van der Waals surface area contributed by atoms with Crippen LogP contribution in [-0.4, -0.2) is 59.1 Å². The topological polar surface area (TPSA) is 113 Å². The normalized spacial score (nSPS) is 21.0. The molecule has 2 aliphatic heterocycles. The summed E-state index contributed by atoms with van der Waals surface area (Å²) in [6.45, 7) is 1.56. The molecule has 3 rings (SSSR count). The van der Waals surface area contributed by atoms with Crippen LogP contribution in [0.15, 0.2) is 17.4 Å².